The van der Waals surface area contributed by atoms with Crippen LogP contribution in [0.25, 0.3) is 0 Å². The molecule has 0 atom stereocenters. The van der Waals surface area contributed by atoms with E-state index < -0.39 is 0 Å². The van der Waals surface area contributed by atoms with Gasteiger partial charge in [0, 0.05) is 33.3 Å². The van der Waals surface area contributed by atoms with Crippen LogP contribution in [0.15, 0.2) is 24.3 Å². The molecule has 0 aromatic heterocycles. The van der Waals surface area contributed by atoms with E-state index in [1.165, 1.54) is 0 Å². The van der Waals surface area contributed by atoms with Crippen molar-refractivity contribution in [2.24, 2.45) is 5.41 Å². The zero-order valence-corrected chi connectivity index (χ0v) is 14.3. The van der Waals surface area contributed by atoms with E-state index in [1.807, 2.05) is 23.1 Å². The third kappa shape index (κ3) is 3.35. The van der Waals surface area contributed by atoms with Crippen LogP contribution in [0.3, 0.4) is 0 Å². The highest BCUT2D eigenvalue weighted by Gasteiger charge is 2.42. The molecule has 2 saturated heterocycles. The van der Waals surface area contributed by atoms with Crippen molar-refractivity contribution in [1.29, 1.82) is 0 Å². The summed E-state index contributed by atoms with van der Waals surface area (Å²) >= 11 is 0. The van der Waals surface area contributed by atoms with Crippen LogP contribution in [-0.2, 0) is 9.53 Å². The number of nitrogens with one attached hydrogen (secondary N) is 1. The topological polar surface area (TPSA) is 65.0 Å². The summed E-state index contributed by atoms with van der Waals surface area (Å²) in [5.41, 5.74) is 0.468. The first kappa shape index (κ1) is 17.0. The third-order valence-electron chi connectivity index (χ3n) is 5.22. The Hall–Kier alpha value is -1.79. The summed E-state index contributed by atoms with van der Waals surface area (Å²) in [5.74, 6) is 0.522. The Morgan fingerprint density at radius 2 is 1.88 bits per heavy atom. The number of rotatable bonds is 4. The number of piperidine rings is 1. The number of nitrogens with zero attached hydrogens (tertiary/aromatic N) is 2. The number of ether oxygens (including phenoxy) is 1. The molecule has 0 unspecified atom stereocenters. The van der Waals surface area contributed by atoms with Crippen molar-refractivity contribution in [1.82, 2.24) is 10.2 Å². The van der Waals surface area contributed by atoms with Gasteiger partial charge in [-0.15, -0.1) is 0 Å². The Balaban J connectivity index is 1.65. The first-order chi connectivity index (χ1) is 11.7. The first-order valence-electron chi connectivity index (χ1n) is 8.68. The van der Waals surface area contributed by atoms with Gasteiger partial charge in [0.1, 0.15) is 5.75 Å². The number of para-hydroxylation sites is 2. The Kier molecular flexibility index (Phi) is 5.26. The molecule has 2 aliphatic rings. The van der Waals surface area contributed by atoms with Gasteiger partial charge in [-0.05, 0) is 38.1 Å². The van der Waals surface area contributed by atoms with E-state index in [2.05, 4.69) is 10.2 Å². The average molecular weight is 333 g/mol. The molecular weight excluding hydrogens is 306 g/mol. The van der Waals surface area contributed by atoms with Gasteiger partial charge in [0.25, 0.3) is 0 Å². The minimum atomic E-state index is -0.378. The van der Waals surface area contributed by atoms with E-state index in [1.54, 1.807) is 13.2 Å². The molecule has 3 rings (SSSR count). The molecule has 132 valence electrons. The smallest absolute Gasteiger partial charge is 0.231 e. The van der Waals surface area contributed by atoms with E-state index in [-0.39, 0.29) is 11.3 Å². The van der Waals surface area contributed by atoms with Crippen molar-refractivity contribution in [2.45, 2.75) is 12.8 Å². The lowest BCUT2D eigenvalue weighted by molar-refractivity contribution is -0.147. The number of benzene rings is 1. The average Bonchev–Trinajstić information content (AvgIpc) is 2.63. The fourth-order valence-electron chi connectivity index (χ4n) is 3.82. The summed E-state index contributed by atoms with van der Waals surface area (Å²) in [7, 11) is 1.67. The van der Waals surface area contributed by atoms with Gasteiger partial charge < -0.3 is 25.0 Å². The second-order valence-electron chi connectivity index (χ2n) is 6.73. The van der Waals surface area contributed by atoms with Crippen LogP contribution in [0.1, 0.15) is 12.8 Å². The van der Waals surface area contributed by atoms with Gasteiger partial charge in [-0.3, -0.25) is 4.79 Å². The lowest BCUT2D eigenvalue weighted by Crippen LogP contribution is -2.56. The molecule has 2 heterocycles. The largest absolute Gasteiger partial charge is 0.506 e. The summed E-state index contributed by atoms with van der Waals surface area (Å²) in [4.78, 5) is 17.2. The van der Waals surface area contributed by atoms with Crippen molar-refractivity contribution in [3.63, 3.8) is 0 Å². The molecule has 1 aromatic carbocycles. The quantitative estimate of drug-likeness (QED) is 0.862. The minimum Gasteiger partial charge on any atom is -0.506 e. The Labute approximate surface area is 143 Å². The van der Waals surface area contributed by atoms with Crippen molar-refractivity contribution >= 4 is 11.6 Å². The SMILES string of the molecule is COCC1(C(=O)N2CCN(c3ccccc3O)CC2)CCNCC1. The van der Waals surface area contributed by atoms with Gasteiger partial charge in [-0.25, -0.2) is 0 Å². The summed E-state index contributed by atoms with van der Waals surface area (Å²) in [6.07, 6.45) is 1.67. The lowest BCUT2D eigenvalue weighted by atomic mass is 9.78. The molecule has 24 heavy (non-hydrogen) atoms. The monoisotopic (exact) mass is 333 g/mol. The van der Waals surface area contributed by atoms with E-state index in [9.17, 15) is 9.90 Å². The predicted molar refractivity (Wildman–Crippen MR) is 93.3 cm³/mol. The molecule has 1 amide bonds. The molecule has 2 fully saturated rings. The number of aromatic hydroxyl groups is 1. The predicted octanol–water partition coefficient (Wildman–Crippen LogP) is 1.06. The maximum Gasteiger partial charge on any atom is 0.231 e. The molecule has 2 N–H and O–H groups in total. The molecule has 2 aliphatic heterocycles. The molecular formula is C18H27N3O3. The maximum atomic E-state index is 13.1. The van der Waals surface area contributed by atoms with Crippen LogP contribution in [0.5, 0.6) is 5.75 Å². The van der Waals surface area contributed by atoms with E-state index in [0.717, 1.165) is 44.7 Å². The Morgan fingerprint density at radius 3 is 2.50 bits per heavy atom. The summed E-state index contributed by atoms with van der Waals surface area (Å²) < 4.78 is 5.38. The van der Waals surface area contributed by atoms with Crippen LogP contribution in [0.4, 0.5) is 5.69 Å². The molecule has 0 bridgehead atoms. The highest BCUT2D eigenvalue weighted by Crippen LogP contribution is 2.33. The van der Waals surface area contributed by atoms with E-state index in [4.69, 9.17) is 4.74 Å². The normalized spacial score (nSPS) is 20.9. The second kappa shape index (κ2) is 7.40. The highest BCUT2D eigenvalue weighted by atomic mass is 16.5. The number of methoxy groups -OCH3 is 1. The number of amides is 1. The van der Waals surface area contributed by atoms with Crippen molar-refractivity contribution in [2.75, 3.05) is 57.9 Å². The number of anilines is 1. The fourth-order valence-corrected chi connectivity index (χ4v) is 3.82. The fraction of sp³-hybridized carbons (Fsp3) is 0.611. The molecule has 6 nitrogen and oxygen atoms in total. The Bertz CT molecular complexity index is 559. The zero-order chi connectivity index (χ0) is 17.0. The number of piperazine rings is 1. The molecule has 0 radical (unpaired) electrons. The van der Waals surface area contributed by atoms with E-state index in [0.29, 0.717) is 25.4 Å². The zero-order valence-electron chi connectivity index (χ0n) is 14.3. The van der Waals surface area contributed by atoms with Crippen molar-refractivity contribution in [3.8, 4) is 5.75 Å². The van der Waals surface area contributed by atoms with Gasteiger partial charge in [0.05, 0.1) is 17.7 Å². The lowest BCUT2D eigenvalue weighted by Gasteiger charge is -2.43. The van der Waals surface area contributed by atoms with Gasteiger partial charge in [-0.1, -0.05) is 12.1 Å². The highest BCUT2D eigenvalue weighted by molar-refractivity contribution is 5.83. The van der Waals surface area contributed by atoms with Gasteiger partial charge in [-0.2, -0.15) is 0 Å². The van der Waals surface area contributed by atoms with Crippen LogP contribution >= 0.6 is 0 Å². The minimum absolute atomic E-state index is 0.225. The molecule has 0 aliphatic carbocycles. The number of phenolic OH excluding ortho intramolecular Hbond substituents is 1. The standard InChI is InChI=1S/C18H27N3O3/c1-24-14-18(6-8-19-9-7-18)17(23)21-12-10-20(11-13-21)15-4-2-3-5-16(15)22/h2-5,19,22H,6-14H2,1H3. The first-order valence-corrected chi connectivity index (χ1v) is 8.68. The van der Waals surface area contributed by atoms with Crippen LogP contribution in [0, 0.1) is 5.41 Å². The maximum absolute atomic E-state index is 13.1. The molecule has 0 saturated carbocycles. The van der Waals surface area contributed by atoms with Crippen LogP contribution in [0.2, 0.25) is 0 Å². The number of carbonyl (C=O) groups excluding carboxylic acids is 1. The van der Waals surface area contributed by atoms with Crippen molar-refractivity contribution < 1.29 is 14.6 Å². The number of carbonyl (C=O) groups is 1. The van der Waals surface area contributed by atoms with Gasteiger partial charge in [0.2, 0.25) is 5.91 Å². The molecule has 6 heteroatoms. The number of hydrogen-bond acceptors (Lipinski definition) is 5. The summed E-state index contributed by atoms with van der Waals surface area (Å²) in [5, 5.41) is 13.3. The van der Waals surface area contributed by atoms with Gasteiger partial charge in [0.15, 0.2) is 0 Å². The van der Waals surface area contributed by atoms with Crippen LogP contribution < -0.4 is 10.2 Å². The molecule has 0 spiro atoms. The van der Waals surface area contributed by atoms with E-state index >= 15 is 0 Å². The van der Waals surface area contributed by atoms with Crippen LogP contribution in [-0.4, -0.2) is 68.9 Å². The van der Waals surface area contributed by atoms with Gasteiger partial charge >= 0.3 is 0 Å². The third-order valence-corrected chi connectivity index (χ3v) is 5.22. The second-order valence-corrected chi connectivity index (χ2v) is 6.73. The molecule has 1 aromatic rings. The van der Waals surface area contributed by atoms with Crippen molar-refractivity contribution in [3.05, 3.63) is 24.3 Å². The summed E-state index contributed by atoms with van der Waals surface area (Å²) in [6.45, 7) is 5.08. The summed E-state index contributed by atoms with van der Waals surface area (Å²) in [6, 6.07) is 7.38. The number of hydrogen-bond donors (Lipinski definition) is 2. The number of phenols is 1. The Morgan fingerprint density at radius 1 is 1.21 bits per heavy atom.